The Morgan fingerprint density at radius 1 is 1.35 bits per heavy atom. The van der Waals surface area contributed by atoms with Crippen LogP contribution in [0.5, 0.6) is 0 Å². The average Bonchev–Trinajstić information content (AvgIpc) is 3.03. The Kier molecular flexibility index (Phi) is 3.66. The molecule has 0 bridgehead atoms. The molecule has 1 unspecified atom stereocenters. The summed E-state index contributed by atoms with van der Waals surface area (Å²) in [5.74, 6) is 0. The number of hydrogen-bond acceptors (Lipinski definition) is 2. The van der Waals surface area contributed by atoms with Gasteiger partial charge in [-0.05, 0) is 49.8 Å². The molecule has 0 radical (unpaired) electrons. The van der Waals surface area contributed by atoms with Gasteiger partial charge in [-0.3, -0.25) is 4.68 Å². The van der Waals surface area contributed by atoms with Crippen molar-refractivity contribution in [3.63, 3.8) is 0 Å². The highest BCUT2D eigenvalue weighted by molar-refractivity contribution is 5.30. The van der Waals surface area contributed by atoms with E-state index in [1.165, 1.54) is 35.4 Å². The number of hydrogen-bond donors (Lipinski definition) is 1. The van der Waals surface area contributed by atoms with Crippen molar-refractivity contribution in [3.8, 4) is 0 Å². The van der Waals surface area contributed by atoms with Crippen LogP contribution >= 0.6 is 0 Å². The van der Waals surface area contributed by atoms with Crippen LogP contribution in [0, 0.1) is 0 Å². The van der Waals surface area contributed by atoms with Gasteiger partial charge in [0, 0.05) is 25.0 Å². The second-order valence-electron chi connectivity index (χ2n) is 5.71. The molecule has 4 heteroatoms. The molecule has 20 heavy (non-hydrogen) atoms. The SMILES string of the molecule is CCc1cc(Cn2cc3c(c2)C(N)CCC3)n(CC)n1. The molecule has 0 fully saturated rings. The topological polar surface area (TPSA) is 48.8 Å². The van der Waals surface area contributed by atoms with Gasteiger partial charge in [-0.2, -0.15) is 5.10 Å². The van der Waals surface area contributed by atoms with Crippen molar-refractivity contribution in [1.29, 1.82) is 0 Å². The molecule has 0 saturated carbocycles. The summed E-state index contributed by atoms with van der Waals surface area (Å²) < 4.78 is 4.39. The predicted molar refractivity (Wildman–Crippen MR) is 80.7 cm³/mol. The lowest BCUT2D eigenvalue weighted by atomic mass is 9.92. The molecule has 0 aromatic carbocycles. The van der Waals surface area contributed by atoms with Crippen molar-refractivity contribution in [3.05, 3.63) is 41.0 Å². The van der Waals surface area contributed by atoms with E-state index < -0.39 is 0 Å². The van der Waals surface area contributed by atoms with E-state index >= 15 is 0 Å². The summed E-state index contributed by atoms with van der Waals surface area (Å²) in [5, 5.41) is 4.62. The normalized spacial score (nSPS) is 18.2. The van der Waals surface area contributed by atoms with Gasteiger partial charge < -0.3 is 10.3 Å². The van der Waals surface area contributed by atoms with Crippen molar-refractivity contribution in [1.82, 2.24) is 14.3 Å². The van der Waals surface area contributed by atoms with Crippen LogP contribution in [0.25, 0.3) is 0 Å². The van der Waals surface area contributed by atoms with E-state index in [0.717, 1.165) is 25.9 Å². The van der Waals surface area contributed by atoms with Crippen LogP contribution in [0.4, 0.5) is 0 Å². The van der Waals surface area contributed by atoms with Crippen molar-refractivity contribution in [2.24, 2.45) is 5.73 Å². The third-order valence-corrected chi connectivity index (χ3v) is 4.28. The molecule has 0 saturated heterocycles. The molecular formula is C16H24N4. The van der Waals surface area contributed by atoms with Crippen molar-refractivity contribution >= 4 is 0 Å². The second-order valence-corrected chi connectivity index (χ2v) is 5.71. The first-order valence-electron chi connectivity index (χ1n) is 7.71. The minimum absolute atomic E-state index is 0.224. The lowest BCUT2D eigenvalue weighted by Crippen LogP contribution is -2.15. The average molecular weight is 272 g/mol. The number of nitrogens with zero attached hydrogens (tertiary/aromatic N) is 3. The zero-order valence-electron chi connectivity index (χ0n) is 12.5. The Morgan fingerprint density at radius 3 is 2.90 bits per heavy atom. The summed E-state index contributed by atoms with van der Waals surface area (Å²) >= 11 is 0. The van der Waals surface area contributed by atoms with Crippen LogP contribution in [-0.4, -0.2) is 14.3 Å². The molecule has 0 spiro atoms. The molecule has 0 aliphatic heterocycles. The molecule has 2 aromatic heterocycles. The number of rotatable bonds is 4. The fourth-order valence-electron chi connectivity index (χ4n) is 3.15. The molecule has 1 aliphatic carbocycles. The summed E-state index contributed by atoms with van der Waals surface area (Å²) in [6, 6.07) is 2.45. The fraction of sp³-hybridized carbons (Fsp3) is 0.562. The minimum atomic E-state index is 0.224. The van der Waals surface area contributed by atoms with Gasteiger partial charge in [-0.1, -0.05) is 6.92 Å². The maximum Gasteiger partial charge on any atom is 0.0639 e. The lowest BCUT2D eigenvalue weighted by Gasteiger charge is -2.17. The van der Waals surface area contributed by atoms with Crippen molar-refractivity contribution < 1.29 is 0 Å². The Morgan fingerprint density at radius 2 is 2.20 bits per heavy atom. The predicted octanol–water partition coefficient (Wildman–Crippen LogP) is 2.65. The lowest BCUT2D eigenvalue weighted by molar-refractivity contribution is 0.573. The standard InChI is InChI=1S/C16H24N4/c1-3-13-8-14(20(4-2)18-13)10-19-9-12-6-5-7-16(17)15(12)11-19/h8-9,11,16H,3-7,10,17H2,1-2H3. The van der Waals surface area contributed by atoms with E-state index in [0.29, 0.717) is 0 Å². The van der Waals surface area contributed by atoms with Gasteiger partial charge in [0.15, 0.2) is 0 Å². The first-order valence-corrected chi connectivity index (χ1v) is 7.71. The highest BCUT2D eigenvalue weighted by atomic mass is 15.3. The second kappa shape index (κ2) is 5.44. The quantitative estimate of drug-likeness (QED) is 0.930. The third kappa shape index (κ3) is 2.40. The van der Waals surface area contributed by atoms with Gasteiger partial charge >= 0.3 is 0 Å². The fourth-order valence-corrected chi connectivity index (χ4v) is 3.15. The molecule has 0 amide bonds. The van der Waals surface area contributed by atoms with E-state index in [1.807, 2.05) is 0 Å². The molecule has 2 aromatic rings. The summed E-state index contributed by atoms with van der Waals surface area (Å²) in [6.45, 7) is 6.11. The van der Waals surface area contributed by atoms with Crippen LogP contribution < -0.4 is 5.73 Å². The monoisotopic (exact) mass is 272 g/mol. The Balaban J connectivity index is 1.86. The summed E-state index contributed by atoms with van der Waals surface area (Å²) in [5.41, 5.74) is 11.4. The van der Waals surface area contributed by atoms with Crippen LogP contribution in [0.2, 0.25) is 0 Å². The Bertz CT molecular complexity index is 594. The number of nitrogens with two attached hydrogens (primary N) is 1. The number of aryl methyl sites for hydroxylation is 3. The zero-order valence-corrected chi connectivity index (χ0v) is 12.5. The van der Waals surface area contributed by atoms with E-state index in [9.17, 15) is 0 Å². The molecule has 4 nitrogen and oxygen atoms in total. The number of fused-ring (bicyclic) bond motifs is 1. The van der Waals surface area contributed by atoms with Gasteiger partial charge in [0.1, 0.15) is 0 Å². The summed E-state index contributed by atoms with van der Waals surface area (Å²) in [7, 11) is 0. The van der Waals surface area contributed by atoms with E-state index in [2.05, 4.69) is 46.7 Å². The maximum atomic E-state index is 6.20. The number of aromatic nitrogens is 3. The first-order chi connectivity index (χ1) is 9.71. The van der Waals surface area contributed by atoms with Gasteiger partial charge in [0.05, 0.1) is 17.9 Å². The van der Waals surface area contributed by atoms with Crippen LogP contribution in [-0.2, 0) is 25.9 Å². The smallest absolute Gasteiger partial charge is 0.0639 e. The largest absolute Gasteiger partial charge is 0.348 e. The van der Waals surface area contributed by atoms with E-state index in [1.54, 1.807) is 0 Å². The summed E-state index contributed by atoms with van der Waals surface area (Å²) in [4.78, 5) is 0. The molecule has 1 aliphatic rings. The highest BCUT2D eigenvalue weighted by Crippen LogP contribution is 2.28. The molecular weight excluding hydrogens is 248 g/mol. The van der Waals surface area contributed by atoms with Crippen LogP contribution in [0.3, 0.4) is 0 Å². The molecule has 2 heterocycles. The van der Waals surface area contributed by atoms with Crippen molar-refractivity contribution in [2.45, 2.75) is 58.7 Å². The van der Waals surface area contributed by atoms with Gasteiger partial charge in [-0.15, -0.1) is 0 Å². The first kappa shape index (κ1) is 13.4. The molecule has 3 rings (SSSR count). The molecule has 108 valence electrons. The highest BCUT2D eigenvalue weighted by Gasteiger charge is 2.19. The Hall–Kier alpha value is -1.55. The van der Waals surface area contributed by atoms with Gasteiger partial charge in [0.2, 0.25) is 0 Å². The zero-order chi connectivity index (χ0) is 14.1. The van der Waals surface area contributed by atoms with E-state index in [-0.39, 0.29) is 6.04 Å². The summed E-state index contributed by atoms with van der Waals surface area (Å²) in [6.07, 6.45) is 9.00. The molecule has 1 atom stereocenters. The van der Waals surface area contributed by atoms with Crippen LogP contribution in [0.15, 0.2) is 18.5 Å². The Labute approximate surface area is 120 Å². The van der Waals surface area contributed by atoms with Crippen LogP contribution in [0.1, 0.15) is 55.2 Å². The van der Waals surface area contributed by atoms with Gasteiger partial charge in [-0.25, -0.2) is 0 Å². The molecule has 2 N–H and O–H groups in total. The van der Waals surface area contributed by atoms with E-state index in [4.69, 9.17) is 5.73 Å². The maximum absolute atomic E-state index is 6.20. The minimum Gasteiger partial charge on any atom is -0.348 e. The third-order valence-electron chi connectivity index (χ3n) is 4.28. The van der Waals surface area contributed by atoms with Crippen molar-refractivity contribution in [2.75, 3.05) is 0 Å². The van der Waals surface area contributed by atoms with Gasteiger partial charge in [0.25, 0.3) is 0 Å².